The summed E-state index contributed by atoms with van der Waals surface area (Å²) in [5.41, 5.74) is 1.18. The summed E-state index contributed by atoms with van der Waals surface area (Å²) in [4.78, 5) is 18.9. The van der Waals surface area contributed by atoms with Gasteiger partial charge in [0.15, 0.2) is 0 Å². The van der Waals surface area contributed by atoms with Crippen molar-refractivity contribution in [3.8, 4) is 5.75 Å². The van der Waals surface area contributed by atoms with Crippen LogP contribution in [0.5, 0.6) is 5.75 Å². The Morgan fingerprint density at radius 3 is 2.71 bits per heavy atom. The van der Waals surface area contributed by atoms with Crippen LogP contribution < -0.4 is 10.1 Å². The Morgan fingerprint density at radius 2 is 2.00 bits per heavy atom. The fraction of sp³-hybridized carbons (Fsp3) is 0.0667. The molecule has 0 aliphatic rings. The predicted molar refractivity (Wildman–Crippen MR) is 97.4 cm³/mol. The van der Waals surface area contributed by atoms with Gasteiger partial charge < -0.3 is 10.1 Å². The lowest BCUT2D eigenvalue weighted by molar-refractivity contribution is -0.384. The quantitative estimate of drug-likeness (QED) is 0.503. The molecule has 124 valence electrons. The first-order valence-electron chi connectivity index (χ1n) is 6.58. The van der Waals surface area contributed by atoms with E-state index in [1.807, 2.05) is 18.2 Å². The van der Waals surface area contributed by atoms with Crippen LogP contribution in [0, 0.1) is 10.1 Å². The number of anilines is 2. The molecule has 0 fully saturated rings. The van der Waals surface area contributed by atoms with Gasteiger partial charge in [-0.1, -0.05) is 15.9 Å². The molecule has 3 aromatic rings. The van der Waals surface area contributed by atoms with E-state index in [9.17, 15) is 10.1 Å². The molecular formula is C15H12BrClN4O3. The fourth-order valence-electron chi connectivity index (χ4n) is 2.16. The van der Waals surface area contributed by atoms with Crippen molar-refractivity contribution in [3.05, 3.63) is 57.3 Å². The molecule has 9 heteroatoms. The van der Waals surface area contributed by atoms with Gasteiger partial charge in [-0.05, 0) is 24.3 Å². The van der Waals surface area contributed by atoms with Gasteiger partial charge >= 0.3 is 0 Å². The number of non-ortho nitro benzene ring substituents is 1. The van der Waals surface area contributed by atoms with Crippen LogP contribution in [-0.2, 0) is 0 Å². The number of fused-ring (bicyclic) bond motifs is 1. The van der Waals surface area contributed by atoms with Gasteiger partial charge in [0.2, 0.25) is 0 Å². The van der Waals surface area contributed by atoms with Gasteiger partial charge in [0.05, 0.1) is 23.2 Å². The molecule has 0 saturated heterocycles. The van der Waals surface area contributed by atoms with E-state index in [-0.39, 0.29) is 18.1 Å². The van der Waals surface area contributed by atoms with Crippen molar-refractivity contribution in [1.82, 2.24) is 9.97 Å². The standard InChI is InChI=1S/C15H11BrN4O3.ClH/c1-23-14-5-3-10(20(21)22)7-13(14)19-15-11-6-9(16)2-4-12(11)17-8-18-15;/h2-8H,1H3,(H,17,18,19);1H. The van der Waals surface area contributed by atoms with Gasteiger partial charge in [0.25, 0.3) is 5.69 Å². The number of halogens is 2. The number of benzene rings is 2. The zero-order chi connectivity index (χ0) is 16.4. The Labute approximate surface area is 151 Å². The molecule has 0 unspecified atom stereocenters. The molecule has 0 amide bonds. The minimum atomic E-state index is -0.459. The van der Waals surface area contributed by atoms with Gasteiger partial charge in [-0.15, -0.1) is 12.4 Å². The molecule has 1 heterocycles. The molecule has 7 nitrogen and oxygen atoms in total. The summed E-state index contributed by atoms with van der Waals surface area (Å²) < 4.78 is 6.13. The molecule has 1 aromatic heterocycles. The Bertz CT molecular complexity index is 907. The summed E-state index contributed by atoms with van der Waals surface area (Å²) in [6, 6.07) is 9.95. The van der Waals surface area contributed by atoms with Crippen LogP contribution >= 0.6 is 28.3 Å². The molecule has 0 saturated carbocycles. The zero-order valence-corrected chi connectivity index (χ0v) is 14.8. The second-order valence-corrected chi connectivity index (χ2v) is 5.57. The first-order valence-corrected chi connectivity index (χ1v) is 7.37. The number of rotatable bonds is 4. The summed E-state index contributed by atoms with van der Waals surface area (Å²) in [7, 11) is 1.50. The number of nitrogens with zero attached hydrogens (tertiary/aromatic N) is 3. The first-order chi connectivity index (χ1) is 11.1. The maximum absolute atomic E-state index is 11.0. The summed E-state index contributed by atoms with van der Waals surface area (Å²) in [5, 5.41) is 14.8. The van der Waals surface area contributed by atoms with Crippen LogP contribution in [0.3, 0.4) is 0 Å². The normalized spacial score (nSPS) is 10.1. The van der Waals surface area contributed by atoms with Crippen molar-refractivity contribution in [1.29, 1.82) is 0 Å². The van der Waals surface area contributed by atoms with E-state index in [1.54, 1.807) is 6.07 Å². The number of aromatic nitrogens is 2. The minimum Gasteiger partial charge on any atom is -0.495 e. The Morgan fingerprint density at radius 1 is 1.21 bits per heavy atom. The highest BCUT2D eigenvalue weighted by Crippen LogP contribution is 2.33. The van der Waals surface area contributed by atoms with Crippen LogP contribution in [0.15, 0.2) is 47.2 Å². The predicted octanol–water partition coefficient (Wildman–Crippen LogP) is 4.47. The van der Waals surface area contributed by atoms with Gasteiger partial charge in [0.1, 0.15) is 17.9 Å². The van der Waals surface area contributed by atoms with E-state index in [0.29, 0.717) is 17.3 Å². The first kappa shape index (κ1) is 17.9. The monoisotopic (exact) mass is 410 g/mol. The number of methoxy groups -OCH3 is 1. The van der Waals surface area contributed by atoms with Crippen LogP contribution in [0.1, 0.15) is 0 Å². The molecule has 0 aliphatic heterocycles. The van der Waals surface area contributed by atoms with Gasteiger partial charge in [0, 0.05) is 22.0 Å². The molecule has 0 spiro atoms. The number of ether oxygens (including phenoxy) is 1. The summed E-state index contributed by atoms with van der Waals surface area (Å²) in [5.74, 6) is 1.02. The van der Waals surface area contributed by atoms with Crippen LogP contribution in [0.2, 0.25) is 0 Å². The van der Waals surface area contributed by atoms with E-state index in [4.69, 9.17) is 4.74 Å². The molecule has 3 rings (SSSR count). The summed E-state index contributed by atoms with van der Waals surface area (Å²) in [6.45, 7) is 0. The second kappa shape index (κ2) is 7.41. The number of nitro benzene ring substituents is 1. The van der Waals surface area contributed by atoms with Crippen molar-refractivity contribution in [2.24, 2.45) is 0 Å². The van der Waals surface area contributed by atoms with Crippen LogP contribution in [-0.4, -0.2) is 22.0 Å². The van der Waals surface area contributed by atoms with E-state index in [1.165, 1.54) is 25.6 Å². The molecule has 24 heavy (non-hydrogen) atoms. The highest BCUT2D eigenvalue weighted by Gasteiger charge is 2.13. The van der Waals surface area contributed by atoms with Crippen molar-refractivity contribution >= 4 is 56.4 Å². The van der Waals surface area contributed by atoms with Crippen molar-refractivity contribution in [2.75, 3.05) is 12.4 Å². The van der Waals surface area contributed by atoms with E-state index < -0.39 is 4.92 Å². The highest BCUT2D eigenvalue weighted by atomic mass is 79.9. The molecule has 0 bridgehead atoms. The molecule has 0 aliphatic carbocycles. The minimum absolute atomic E-state index is 0. The van der Waals surface area contributed by atoms with Crippen molar-refractivity contribution in [2.45, 2.75) is 0 Å². The largest absolute Gasteiger partial charge is 0.495 e. The van der Waals surface area contributed by atoms with Crippen molar-refractivity contribution in [3.63, 3.8) is 0 Å². The Hall–Kier alpha value is -2.45. The van der Waals surface area contributed by atoms with Gasteiger partial charge in [-0.3, -0.25) is 10.1 Å². The lowest BCUT2D eigenvalue weighted by Gasteiger charge is -2.12. The van der Waals surface area contributed by atoms with Crippen molar-refractivity contribution < 1.29 is 9.66 Å². The summed E-state index contributed by atoms with van der Waals surface area (Å²) in [6.07, 6.45) is 1.43. The fourth-order valence-corrected chi connectivity index (χ4v) is 2.52. The zero-order valence-electron chi connectivity index (χ0n) is 12.4. The van der Waals surface area contributed by atoms with E-state index >= 15 is 0 Å². The lowest BCUT2D eigenvalue weighted by atomic mass is 10.2. The second-order valence-electron chi connectivity index (χ2n) is 4.65. The Balaban J connectivity index is 0.00000208. The lowest BCUT2D eigenvalue weighted by Crippen LogP contribution is -1.99. The van der Waals surface area contributed by atoms with E-state index in [0.717, 1.165) is 15.4 Å². The molecule has 0 atom stereocenters. The topological polar surface area (TPSA) is 90.2 Å². The average molecular weight is 412 g/mol. The highest BCUT2D eigenvalue weighted by molar-refractivity contribution is 9.10. The third-order valence-corrected chi connectivity index (χ3v) is 3.74. The van der Waals surface area contributed by atoms with Crippen LogP contribution in [0.4, 0.5) is 17.2 Å². The molecular weight excluding hydrogens is 400 g/mol. The maximum Gasteiger partial charge on any atom is 0.271 e. The molecule has 0 radical (unpaired) electrons. The third kappa shape index (κ3) is 3.55. The van der Waals surface area contributed by atoms with E-state index in [2.05, 4.69) is 31.2 Å². The maximum atomic E-state index is 11.0. The smallest absolute Gasteiger partial charge is 0.271 e. The number of hydrogen-bond donors (Lipinski definition) is 1. The average Bonchev–Trinajstić information content (AvgIpc) is 2.55. The van der Waals surface area contributed by atoms with Gasteiger partial charge in [-0.2, -0.15) is 0 Å². The molecule has 1 N–H and O–H groups in total. The number of nitro groups is 1. The Kier molecular flexibility index (Phi) is 5.53. The number of nitrogens with one attached hydrogen (secondary N) is 1. The molecule has 2 aromatic carbocycles. The SMILES string of the molecule is COc1ccc([N+](=O)[O-])cc1Nc1ncnc2ccc(Br)cc12.Cl. The van der Waals surface area contributed by atoms with Crippen LogP contribution in [0.25, 0.3) is 10.9 Å². The third-order valence-electron chi connectivity index (χ3n) is 3.24. The summed E-state index contributed by atoms with van der Waals surface area (Å²) >= 11 is 3.41. The van der Waals surface area contributed by atoms with Gasteiger partial charge in [-0.25, -0.2) is 9.97 Å². The number of hydrogen-bond acceptors (Lipinski definition) is 6.